The lowest BCUT2D eigenvalue weighted by Gasteiger charge is -2.33. The van der Waals surface area contributed by atoms with Gasteiger partial charge in [-0.1, -0.05) is 19.3 Å². The lowest BCUT2D eigenvalue weighted by molar-refractivity contribution is 0.0161. The Balaban J connectivity index is 2.30. The van der Waals surface area contributed by atoms with Gasteiger partial charge in [0.05, 0.1) is 0 Å². The Labute approximate surface area is 73.3 Å². The molecule has 0 atom stereocenters. The Bertz CT molecular complexity index is 173. The maximum Gasteiger partial charge on any atom is 0.405 e. The molecule has 0 radical (unpaired) electrons. The van der Waals surface area contributed by atoms with E-state index in [1.165, 1.54) is 19.3 Å². The third-order valence-corrected chi connectivity index (χ3v) is 2.38. The normalized spacial score (nSPS) is 18.5. The molecule has 0 bridgehead atoms. The van der Waals surface area contributed by atoms with Crippen LogP contribution in [0.2, 0.25) is 0 Å². The number of amides is 1. The van der Waals surface area contributed by atoms with Crippen molar-refractivity contribution < 1.29 is 9.53 Å². The predicted octanol–water partition coefficient (Wildman–Crippen LogP) is 2.05. The summed E-state index contributed by atoms with van der Waals surface area (Å²) in [5.41, 5.74) is 4.57. The number of nitrogens with two attached hydrogens (primary N) is 1. The molecular formula is C9H17NO2. The van der Waals surface area contributed by atoms with E-state index in [1.54, 1.807) is 0 Å². The summed E-state index contributed by atoms with van der Waals surface area (Å²) in [6.45, 7) is 3.83. The molecule has 2 N–H and O–H groups in total. The molecule has 1 saturated carbocycles. The highest BCUT2D eigenvalue weighted by Crippen LogP contribution is 2.34. The molecule has 1 fully saturated rings. The number of carbonyl (C=O) groups is 1. The predicted molar refractivity (Wildman–Crippen MR) is 46.7 cm³/mol. The Kier molecular flexibility index (Phi) is 2.60. The van der Waals surface area contributed by atoms with Crippen molar-refractivity contribution in [2.75, 3.05) is 0 Å². The fourth-order valence-corrected chi connectivity index (χ4v) is 1.71. The van der Waals surface area contributed by atoms with Crippen molar-refractivity contribution in [3.8, 4) is 0 Å². The number of primary amides is 1. The van der Waals surface area contributed by atoms with Crippen molar-refractivity contribution in [2.24, 2.45) is 11.7 Å². The molecule has 1 rings (SSSR count). The monoisotopic (exact) mass is 171 g/mol. The highest BCUT2D eigenvalue weighted by atomic mass is 16.6. The highest BCUT2D eigenvalue weighted by molar-refractivity contribution is 5.65. The summed E-state index contributed by atoms with van der Waals surface area (Å²) in [6.07, 6.45) is 4.13. The first-order chi connectivity index (χ1) is 5.49. The topological polar surface area (TPSA) is 52.3 Å². The summed E-state index contributed by atoms with van der Waals surface area (Å²) >= 11 is 0. The first-order valence-corrected chi connectivity index (χ1v) is 4.48. The van der Waals surface area contributed by atoms with Crippen LogP contribution in [0.4, 0.5) is 4.79 Å². The summed E-state index contributed by atoms with van der Waals surface area (Å²) in [6, 6.07) is 0. The van der Waals surface area contributed by atoms with Gasteiger partial charge in [0, 0.05) is 0 Å². The van der Waals surface area contributed by atoms with Gasteiger partial charge in [0.2, 0.25) is 0 Å². The Morgan fingerprint density at radius 3 is 2.50 bits per heavy atom. The van der Waals surface area contributed by atoms with Crippen LogP contribution in [0, 0.1) is 5.92 Å². The molecule has 12 heavy (non-hydrogen) atoms. The number of hydrogen-bond acceptors (Lipinski definition) is 2. The van der Waals surface area contributed by atoms with E-state index in [1.807, 2.05) is 13.8 Å². The van der Waals surface area contributed by atoms with Crippen LogP contribution < -0.4 is 5.73 Å². The molecule has 0 aromatic carbocycles. The van der Waals surface area contributed by atoms with Gasteiger partial charge >= 0.3 is 6.09 Å². The van der Waals surface area contributed by atoms with Crippen LogP contribution in [-0.4, -0.2) is 11.7 Å². The van der Waals surface area contributed by atoms with Gasteiger partial charge in [-0.25, -0.2) is 4.79 Å². The van der Waals surface area contributed by atoms with Crippen LogP contribution in [0.1, 0.15) is 39.5 Å². The molecular weight excluding hydrogens is 154 g/mol. The Hall–Kier alpha value is -0.730. The van der Waals surface area contributed by atoms with Crippen LogP contribution in [0.25, 0.3) is 0 Å². The zero-order chi connectivity index (χ0) is 9.19. The van der Waals surface area contributed by atoms with Crippen LogP contribution >= 0.6 is 0 Å². The van der Waals surface area contributed by atoms with Gasteiger partial charge in [0.25, 0.3) is 0 Å². The summed E-state index contributed by atoms with van der Waals surface area (Å²) in [4.78, 5) is 10.5. The Morgan fingerprint density at radius 1 is 1.58 bits per heavy atom. The van der Waals surface area contributed by atoms with Crippen molar-refractivity contribution in [3.63, 3.8) is 0 Å². The largest absolute Gasteiger partial charge is 0.444 e. The van der Waals surface area contributed by atoms with E-state index in [4.69, 9.17) is 10.5 Å². The third kappa shape index (κ3) is 2.72. The average molecular weight is 171 g/mol. The van der Waals surface area contributed by atoms with Gasteiger partial charge in [-0.2, -0.15) is 0 Å². The fourth-order valence-electron chi connectivity index (χ4n) is 1.71. The van der Waals surface area contributed by atoms with Crippen LogP contribution in [0.3, 0.4) is 0 Å². The molecule has 0 unspecified atom stereocenters. The minimum Gasteiger partial charge on any atom is -0.444 e. The van der Waals surface area contributed by atoms with Crippen LogP contribution in [-0.2, 0) is 4.74 Å². The maximum absolute atomic E-state index is 10.5. The summed E-state index contributed by atoms with van der Waals surface area (Å²) in [7, 11) is 0. The van der Waals surface area contributed by atoms with Gasteiger partial charge in [-0.05, 0) is 26.2 Å². The summed E-state index contributed by atoms with van der Waals surface area (Å²) < 4.78 is 4.98. The second kappa shape index (κ2) is 3.33. The molecule has 3 nitrogen and oxygen atoms in total. The first kappa shape index (κ1) is 9.36. The molecule has 0 heterocycles. The van der Waals surface area contributed by atoms with E-state index in [0.717, 1.165) is 12.3 Å². The van der Waals surface area contributed by atoms with E-state index in [0.29, 0.717) is 0 Å². The standard InChI is InChI=1S/C9H17NO2/c1-9(2,12-8(10)11)6-7-4-3-5-7/h7H,3-6H2,1-2H3,(H2,10,11). The van der Waals surface area contributed by atoms with Crippen molar-refractivity contribution in [2.45, 2.75) is 45.1 Å². The average Bonchev–Trinajstić information content (AvgIpc) is 1.76. The molecule has 0 spiro atoms. The lowest BCUT2D eigenvalue weighted by Crippen LogP contribution is -2.34. The first-order valence-electron chi connectivity index (χ1n) is 4.48. The molecule has 1 aliphatic rings. The minimum atomic E-state index is -0.667. The van der Waals surface area contributed by atoms with E-state index in [2.05, 4.69) is 0 Å². The minimum absolute atomic E-state index is 0.378. The molecule has 3 heteroatoms. The van der Waals surface area contributed by atoms with Gasteiger partial charge in [0.1, 0.15) is 5.60 Å². The van der Waals surface area contributed by atoms with Crippen LogP contribution in [0.5, 0.6) is 0 Å². The summed E-state index contributed by atoms with van der Waals surface area (Å²) in [5, 5.41) is 0. The van der Waals surface area contributed by atoms with Gasteiger partial charge in [-0.15, -0.1) is 0 Å². The number of ether oxygens (including phenoxy) is 1. The smallest absolute Gasteiger partial charge is 0.405 e. The number of hydrogen-bond donors (Lipinski definition) is 1. The van der Waals surface area contributed by atoms with Gasteiger partial charge in [-0.3, -0.25) is 0 Å². The maximum atomic E-state index is 10.5. The van der Waals surface area contributed by atoms with Crippen LogP contribution in [0.15, 0.2) is 0 Å². The quantitative estimate of drug-likeness (QED) is 0.706. The molecule has 1 amide bonds. The van der Waals surface area contributed by atoms with E-state index >= 15 is 0 Å². The molecule has 0 aromatic rings. The SMILES string of the molecule is CC(C)(CC1CCC1)OC(N)=O. The number of rotatable bonds is 3. The summed E-state index contributed by atoms with van der Waals surface area (Å²) in [5.74, 6) is 0.736. The molecule has 1 aliphatic carbocycles. The molecule has 0 aliphatic heterocycles. The van der Waals surface area contributed by atoms with Crippen molar-refractivity contribution in [1.29, 1.82) is 0 Å². The second-order valence-corrected chi connectivity index (χ2v) is 4.18. The molecule has 70 valence electrons. The fraction of sp³-hybridized carbons (Fsp3) is 0.889. The zero-order valence-electron chi connectivity index (χ0n) is 7.80. The van der Waals surface area contributed by atoms with Gasteiger partial charge in [0.15, 0.2) is 0 Å². The number of carbonyl (C=O) groups excluding carboxylic acids is 1. The van der Waals surface area contributed by atoms with Gasteiger partial charge < -0.3 is 10.5 Å². The van der Waals surface area contributed by atoms with Crippen molar-refractivity contribution in [1.82, 2.24) is 0 Å². The molecule has 0 saturated heterocycles. The zero-order valence-corrected chi connectivity index (χ0v) is 7.80. The second-order valence-electron chi connectivity index (χ2n) is 4.18. The van der Waals surface area contributed by atoms with Crippen molar-refractivity contribution >= 4 is 6.09 Å². The van der Waals surface area contributed by atoms with E-state index in [-0.39, 0.29) is 5.60 Å². The molecule has 0 aromatic heterocycles. The lowest BCUT2D eigenvalue weighted by atomic mass is 9.78. The third-order valence-electron chi connectivity index (χ3n) is 2.38. The van der Waals surface area contributed by atoms with E-state index < -0.39 is 6.09 Å². The van der Waals surface area contributed by atoms with Crippen molar-refractivity contribution in [3.05, 3.63) is 0 Å². The van der Waals surface area contributed by atoms with E-state index in [9.17, 15) is 4.79 Å². The Morgan fingerprint density at radius 2 is 2.17 bits per heavy atom. The highest BCUT2D eigenvalue weighted by Gasteiger charge is 2.29.